The molecule has 0 aromatic carbocycles. The highest BCUT2D eigenvalue weighted by atomic mass is 16.5. The maximum absolute atomic E-state index is 12.0. The van der Waals surface area contributed by atoms with Gasteiger partial charge in [-0.15, -0.1) is 0 Å². The molecule has 1 saturated heterocycles. The van der Waals surface area contributed by atoms with Gasteiger partial charge < -0.3 is 19.7 Å². The third kappa shape index (κ3) is 2.48. The minimum Gasteiger partial charge on any atom is -0.394 e. The molecule has 6 heteroatoms. The Hall–Kier alpha value is -1.40. The minimum absolute atomic E-state index is 0.0695. The molecule has 2 N–H and O–H groups in total. The van der Waals surface area contributed by atoms with Gasteiger partial charge in [0, 0.05) is 20.3 Å². The highest BCUT2D eigenvalue weighted by Crippen LogP contribution is 2.20. The molecule has 0 unspecified atom stereocenters. The molecule has 1 aromatic heterocycles. The topological polar surface area (TPSA) is 76.4 Å². The normalized spacial score (nSPS) is 18.9. The van der Waals surface area contributed by atoms with Gasteiger partial charge >= 0.3 is 0 Å². The number of ether oxygens (including phenoxy) is 1. The number of carbonyl (C=O) groups excluding carboxylic acids is 1. The van der Waals surface area contributed by atoms with E-state index in [-0.39, 0.29) is 12.5 Å². The Kier molecular flexibility index (Phi) is 3.44. The van der Waals surface area contributed by atoms with E-state index in [1.165, 1.54) is 6.20 Å². The first-order chi connectivity index (χ1) is 8.17. The minimum atomic E-state index is -0.556. The van der Waals surface area contributed by atoms with Crippen molar-refractivity contribution in [3.05, 3.63) is 18.2 Å². The largest absolute Gasteiger partial charge is 0.394 e. The van der Waals surface area contributed by atoms with E-state index in [0.29, 0.717) is 31.7 Å². The molecule has 2 heterocycles. The molecule has 17 heavy (non-hydrogen) atoms. The smallest absolute Gasteiger partial charge is 0.270 e. The van der Waals surface area contributed by atoms with Gasteiger partial charge in [-0.05, 0) is 12.8 Å². The fourth-order valence-electron chi connectivity index (χ4n) is 1.97. The molecule has 94 valence electrons. The second kappa shape index (κ2) is 4.85. The molecule has 0 atom stereocenters. The third-order valence-electron chi connectivity index (χ3n) is 3.18. The molecule has 0 saturated carbocycles. The SMILES string of the molecule is Cn1cncc1C(=O)NC1(CO)CCOCC1. The van der Waals surface area contributed by atoms with Gasteiger partial charge in [0.1, 0.15) is 5.69 Å². The van der Waals surface area contributed by atoms with Crippen molar-refractivity contribution in [1.82, 2.24) is 14.9 Å². The maximum atomic E-state index is 12.0. The van der Waals surface area contributed by atoms with Crippen LogP contribution in [0.25, 0.3) is 0 Å². The summed E-state index contributed by atoms with van der Waals surface area (Å²) in [4.78, 5) is 15.9. The van der Waals surface area contributed by atoms with Crippen molar-refractivity contribution in [3.63, 3.8) is 0 Å². The Morgan fingerprint density at radius 2 is 2.35 bits per heavy atom. The number of aliphatic hydroxyl groups is 1. The van der Waals surface area contributed by atoms with E-state index in [1.54, 1.807) is 17.9 Å². The number of rotatable bonds is 3. The van der Waals surface area contributed by atoms with Crippen LogP contribution < -0.4 is 5.32 Å². The quantitative estimate of drug-likeness (QED) is 0.758. The second-order valence-electron chi connectivity index (χ2n) is 4.39. The summed E-state index contributed by atoms with van der Waals surface area (Å²) in [5, 5.41) is 12.4. The van der Waals surface area contributed by atoms with Crippen LogP contribution in [0, 0.1) is 0 Å². The summed E-state index contributed by atoms with van der Waals surface area (Å²) in [7, 11) is 1.76. The molecule has 1 aliphatic heterocycles. The van der Waals surface area contributed by atoms with Crippen LogP contribution in [0.5, 0.6) is 0 Å². The number of aromatic nitrogens is 2. The molecule has 0 spiro atoms. The highest BCUT2D eigenvalue weighted by Gasteiger charge is 2.34. The van der Waals surface area contributed by atoms with Crippen LogP contribution >= 0.6 is 0 Å². The summed E-state index contributed by atoms with van der Waals surface area (Å²) in [5.74, 6) is -0.207. The van der Waals surface area contributed by atoms with Crippen LogP contribution in [0.15, 0.2) is 12.5 Å². The molecule has 1 aliphatic rings. The van der Waals surface area contributed by atoms with Gasteiger partial charge in [0.05, 0.1) is 24.7 Å². The van der Waals surface area contributed by atoms with Gasteiger partial charge in [-0.3, -0.25) is 4.79 Å². The number of hydrogen-bond acceptors (Lipinski definition) is 4. The van der Waals surface area contributed by atoms with E-state index in [1.807, 2.05) is 0 Å². The molecule has 2 rings (SSSR count). The van der Waals surface area contributed by atoms with Crippen LogP contribution in [-0.2, 0) is 11.8 Å². The fourth-order valence-corrected chi connectivity index (χ4v) is 1.97. The van der Waals surface area contributed by atoms with E-state index in [2.05, 4.69) is 10.3 Å². The van der Waals surface area contributed by atoms with Gasteiger partial charge in [-0.1, -0.05) is 0 Å². The lowest BCUT2D eigenvalue weighted by Crippen LogP contribution is -2.54. The first kappa shape index (κ1) is 12.1. The number of imidazole rings is 1. The molecule has 0 radical (unpaired) electrons. The first-order valence-electron chi connectivity index (χ1n) is 5.64. The molecule has 1 amide bonds. The molecule has 0 aliphatic carbocycles. The summed E-state index contributed by atoms with van der Waals surface area (Å²) in [5.41, 5.74) is -0.0658. The first-order valence-corrected chi connectivity index (χ1v) is 5.64. The predicted octanol–water partition coefficient (Wildman–Crippen LogP) is -0.309. The lowest BCUT2D eigenvalue weighted by molar-refractivity contribution is 0.0123. The zero-order chi connectivity index (χ0) is 12.3. The highest BCUT2D eigenvalue weighted by molar-refractivity contribution is 5.92. The third-order valence-corrected chi connectivity index (χ3v) is 3.18. The van der Waals surface area contributed by atoms with Crippen molar-refractivity contribution in [2.45, 2.75) is 18.4 Å². The predicted molar refractivity (Wildman–Crippen MR) is 60.5 cm³/mol. The number of aliphatic hydroxyl groups excluding tert-OH is 1. The Balaban J connectivity index is 2.08. The lowest BCUT2D eigenvalue weighted by Gasteiger charge is -2.36. The Morgan fingerprint density at radius 3 is 2.88 bits per heavy atom. The van der Waals surface area contributed by atoms with Gasteiger partial charge in [-0.2, -0.15) is 0 Å². The van der Waals surface area contributed by atoms with Gasteiger partial charge in [-0.25, -0.2) is 4.98 Å². The molecule has 1 aromatic rings. The van der Waals surface area contributed by atoms with Crippen molar-refractivity contribution in [1.29, 1.82) is 0 Å². The van der Waals surface area contributed by atoms with Gasteiger partial charge in [0.2, 0.25) is 0 Å². The maximum Gasteiger partial charge on any atom is 0.270 e. The van der Waals surface area contributed by atoms with Crippen molar-refractivity contribution in [3.8, 4) is 0 Å². The van der Waals surface area contributed by atoms with Crippen LogP contribution in [0.1, 0.15) is 23.3 Å². The van der Waals surface area contributed by atoms with E-state index in [0.717, 1.165) is 0 Å². The standard InChI is InChI=1S/C11H17N3O3/c1-14-8-12-6-9(14)10(16)13-11(7-15)2-4-17-5-3-11/h6,8,15H,2-5,7H2,1H3,(H,13,16). The van der Waals surface area contributed by atoms with Crippen molar-refractivity contribution in [2.75, 3.05) is 19.8 Å². The van der Waals surface area contributed by atoms with Gasteiger partial charge in [0.25, 0.3) is 5.91 Å². The van der Waals surface area contributed by atoms with Crippen LogP contribution in [0.4, 0.5) is 0 Å². The zero-order valence-corrected chi connectivity index (χ0v) is 9.85. The Morgan fingerprint density at radius 1 is 1.65 bits per heavy atom. The molecule has 1 fully saturated rings. The summed E-state index contributed by atoms with van der Waals surface area (Å²) in [6, 6.07) is 0. The number of nitrogens with zero attached hydrogens (tertiary/aromatic N) is 2. The molecular weight excluding hydrogens is 222 g/mol. The van der Waals surface area contributed by atoms with Crippen molar-refractivity contribution >= 4 is 5.91 Å². The van der Waals surface area contributed by atoms with Gasteiger partial charge in [0.15, 0.2) is 0 Å². The summed E-state index contributed by atoms with van der Waals surface area (Å²) in [6.07, 6.45) is 4.35. The van der Waals surface area contributed by atoms with Crippen LogP contribution in [0.3, 0.4) is 0 Å². The summed E-state index contributed by atoms with van der Waals surface area (Å²) >= 11 is 0. The number of amides is 1. The summed E-state index contributed by atoms with van der Waals surface area (Å²) in [6.45, 7) is 1.05. The van der Waals surface area contributed by atoms with Crippen LogP contribution in [-0.4, -0.2) is 45.9 Å². The second-order valence-corrected chi connectivity index (χ2v) is 4.39. The van der Waals surface area contributed by atoms with E-state index < -0.39 is 5.54 Å². The lowest BCUT2D eigenvalue weighted by atomic mass is 9.91. The summed E-state index contributed by atoms with van der Waals surface area (Å²) < 4.78 is 6.90. The molecule has 6 nitrogen and oxygen atoms in total. The molecule has 0 bridgehead atoms. The molecular formula is C11H17N3O3. The van der Waals surface area contributed by atoms with Crippen LogP contribution in [0.2, 0.25) is 0 Å². The monoisotopic (exact) mass is 239 g/mol. The fraction of sp³-hybridized carbons (Fsp3) is 0.636. The number of aryl methyl sites for hydroxylation is 1. The van der Waals surface area contributed by atoms with E-state index in [9.17, 15) is 9.90 Å². The average Bonchev–Trinajstić information content (AvgIpc) is 2.77. The van der Waals surface area contributed by atoms with Crippen molar-refractivity contribution in [2.24, 2.45) is 7.05 Å². The van der Waals surface area contributed by atoms with E-state index >= 15 is 0 Å². The number of nitrogens with one attached hydrogen (secondary N) is 1. The zero-order valence-electron chi connectivity index (χ0n) is 9.85. The van der Waals surface area contributed by atoms with Crippen molar-refractivity contribution < 1.29 is 14.6 Å². The van der Waals surface area contributed by atoms with E-state index in [4.69, 9.17) is 4.74 Å². The average molecular weight is 239 g/mol. The number of carbonyl (C=O) groups is 1. The Bertz CT molecular complexity index is 396. The number of hydrogen-bond donors (Lipinski definition) is 2. The Labute approximate surface area is 99.6 Å².